The number of fused-ring (bicyclic) bond motifs is 1. The van der Waals surface area contributed by atoms with Gasteiger partial charge in [-0.05, 0) is 49.9 Å². The summed E-state index contributed by atoms with van der Waals surface area (Å²) in [5.41, 5.74) is 1.30. The number of piperidine rings is 2. The van der Waals surface area contributed by atoms with Gasteiger partial charge in [0.05, 0.1) is 0 Å². The maximum Gasteiger partial charge on any atom is 0.270 e. The Labute approximate surface area is 175 Å². The maximum atomic E-state index is 13.4. The Morgan fingerprint density at radius 3 is 2.43 bits per heavy atom. The number of likely N-dealkylation sites (tertiary alicyclic amines) is 2. The van der Waals surface area contributed by atoms with Gasteiger partial charge in [-0.2, -0.15) is 0 Å². The molecule has 3 fully saturated rings. The molecule has 30 heavy (non-hydrogen) atoms. The lowest BCUT2D eigenvalue weighted by Crippen LogP contribution is -2.46. The first-order valence-electron chi connectivity index (χ1n) is 11.2. The van der Waals surface area contributed by atoms with Gasteiger partial charge in [0.15, 0.2) is 0 Å². The van der Waals surface area contributed by atoms with Crippen LogP contribution in [0, 0.1) is 0 Å². The number of aromatic nitrogens is 1. The van der Waals surface area contributed by atoms with Crippen LogP contribution in [0.2, 0.25) is 0 Å². The number of carbonyl (C=O) groups is 1. The molecule has 7 heteroatoms. The average Bonchev–Trinajstić information content (AvgIpc) is 3.11. The Kier molecular flexibility index (Phi) is 5.17. The minimum absolute atomic E-state index is 0.0924. The molecule has 2 aliphatic heterocycles. The van der Waals surface area contributed by atoms with Crippen molar-refractivity contribution in [2.24, 2.45) is 0 Å². The zero-order valence-electron chi connectivity index (χ0n) is 17.2. The quantitative estimate of drug-likeness (QED) is 0.800. The van der Waals surface area contributed by atoms with Crippen LogP contribution < -0.4 is 4.74 Å². The third-order valence-corrected chi connectivity index (χ3v) is 6.98. The van der Waals surface area contributed by atoms with Gasteiger partial charge in [-0.15, -0.1) is 0 Å². The highest BCUT2D eigenvalue weighted by molar-refractivity contribution is 5.98. The number of hydrogen-bond acceptors (Lipinski definition) is 3. The van der Waals surface area contributed by atoms with Crippen molar-refractivity contribution in [3.8, 4) is 5.75 Å². The van der Waals surface area contributed by atoms with E-state index < -0.39 is 5.92 Å². The van der Waals surface area contributed by atoms with Gasteiger partial charge in [-0.25, -0.2) is 8.78 Å². The molecule has 0 spiro atoms. The molecule has 1 aromatic carbocycles. The molecule has 5 rings (SSSR count). The number of aromatic amines is 1. The number of rotatable bonds is 4. The van der Waals surface area contributed by atoms with E-state index in [0.29, 0.717) is 5.69 Å². The molecule has 3 heterocycles. The SMILES string of the molecule is O=C(c1cc2cc(OC3CCN(C4CCC4)CC3)ccc2[nH]1)N1CCC(F)(F)CC1. The fraction of sp³-hybridized carbons (Fsp3) is 0.609. The normalized spacial score (nSPS) is 23.5. The Morgan fingerprint density at radius 2 is 1.77 bits per heavy atom. The summed E-state index contributed by atoms with van der Waals surface area (Å²) in [4.78, 5) is 20.0. The molecule has 3 aliphatic rings. The molecule has 2 saturated heterocycles. The topological polar surface area (TPSA) is 48.6 Å². The lowest BCUT2D eigenvalue weighted by molar-refractivity contribution is -0.0495. The molecule has 1 saturated carbocycles. The fourth-order valence-corrected chi connectivity index (χ4v) is 4.81. The van der Waals surface area contributed by atoms with Gasteiger partial charge in [0.25, 0.3) is 11.8 Å². The Balaban J connectivity index is 1.21. The lowest BCUT2D eigenvalue weighted by atomic mass is 9.90. The number of halogens is 2. The van der Waals surface area contributed by atoms with Gasteiger partial charge in [0.1, 0.15) is 17.5 Å². The van der Waals surface area contributed by atoms with Crippen LogP contribution in [0.15, 0.2) is 24.3 Å². The van der Waals surface area contributed by atoms with Gasteiger partial charge in [0.2, 0.25) is 0 Å². The summed E-state index contributed by atoms with van der Waals surface area (Å²) in [7, 11) is 0. The minimum atomic E-state index is -2.66. The van der Waals surface area contributed by atoms with Crippen molar-refractivity contribution in [1.29, 1.82) is 0 Å². The number of carbonyl (C=O) groups excluding carboxylic acids is 1. The van der Waals surface area contributed by atoms with E-state index in [-0.39, 0.29) is 37.9 Å². The smallest absolute Gasteiger partial charge is 0.270 e. The monoisotopic (exact) mass is 417 g/mol. The van der Waals surface area contributed by atoms with Crippen molar-refractivity contribution in [2.75, 3.05) is 26.2 Å². The first-order valence-corrected chi connectivity index (χ1v) is 11.2. The van der Waals surface area contributed by atoms with Crippen molar-refractivity contribution in [3.63, 3.8) is 0 Å². The molecule has 0 radical (unpaired) electrons. The molecule has 1 N–H and O–H groups in total. The van der Waals surface area contributed by atoms with Crippen molar-refractivity contribution >= 4 is 16.8 Å². The number of nitrogens with zero attached hydrogens (tertiary/aromatic N) is 2. The van der Waals surface area contributed by atoms with E-state index in [1.54, 1.807) is 6.07 Å². The van der Waals surface area contributed by atoms with Gasteiger partial charge >= 0.3 is 0 Å². The maximum absolute atomic E-state index is 13.4. The largest absolute Gasteiger partial charge is 0.490 e. The molecule has 1 amide bonds. The van der Waals surface area contributed by atoms with E-state index in [4.69, 9.17) is 4.74 Å². The van der Waals surface area contributed by atoms with E-state index in [1.165, 1.54) is 24.2 Å². The highest BCUT2D eigenvalue weighted by Gasteiger charge is 2.36. The summed E-state index contributed by atoms with van der Waals surface area (Å²) in [6.45, 7) is 2.40. The predicted molar refractivity (Wildman–Crippen MR) is 111 cm³/mol. The number of hydrogen-bond donors (Lipinski definition) is 1. The number of benzene rings is 1. The van der Waals surface area contributed by atoms with Crippen LogP contribution in [0.3, 0.4) is 0 Å². The van der Waals surface area contributed by atoms with E-state index >= 15 is 0 Å². The first kappa shape index (κ1) is 19.8. The Hall–Kier alpha value is -2.15. The zero-order chi connectivity index (χ0) is 20.7. The second kappa shape index (κ2) is 7.84. The van der Waals surface area contributed by atoms with E-state index in [0.717, 1.165) is 48.6 Å². The Morgan fingerprint density at radius 1 is 1.03 bits per heavy atom. The molecule has 1 aromatic heterocycles. The second-order valence-corrected chi connectivity index (χ2v) is 9.02. The van der Waals surface area contributed by atoms with Gasteiger partial charge in [-0.3, -0.25) is 4.79 Å². The standard InChI is InChI=1S/C23H29F2N3O2/c24-23(25)8-12-28(13-9-23)22(29)21-15-16-14-19(4-5-20(16)26-21)30-18-6-10-27(11-7-18)17-2-1-3-17/h4-5,14-15,17-18,26H,1-3,6-13H2. The minimum Gasteiger partial charge on any atom is -0.490 e. The molecule has 0 atom stereocenters. The van der Waals surface area contributed by atoms with Gasteiger partial charge in [-0.1, -0.05) is 6.42 Å². The Bertz CT molecular complexity index is 906. The third kappa shape index (κ3) is 4.04. The summed E-state index contributed by atoms with van der Waals surface area (Å²) in [6.07, 6.45) is 5.84. The van der Waals surface area contributed by atoms with E-state index in [1.807, 2.05) is 18.2 Å². The van der Waals surface area contributed by atoms with Crippen molar-refractivity contribution in [2.45, 2.75) is 63.0 Å². The molecule has 5 nitrogen and oxygen atoms in total. The first-order chi connectivity index (χ1) is 14.5. The summed E-state index contributed by atoms with van der Waals surface area (Å²) in [6, 6.07) is 8.42. The zero-order valence-corrected chi connectivity index (χ0v) is 17.2. The number of nitrogens with one attached hydrogen (secondary N) is 1. The summed E-state index contributed by atoms with van der Waals surface area (Å²) in [5, 5.41) is 0.907. The number of H-pyrrole nitrogens is 1. The average molecular weight is 418 g/mol. The van der Waals surface area contributed by atoms with Crippen molar-refractivity contribution in [1.82, 2.24) is 14.8 Å². The fourth-order valence-electron chi connectivity index (χ4n) is 4.81. The third-order valence-electron chi connectivity index (χ3n) is 6.98. The number of alkyl halides is 2. The van der Waals surface area contributed by atoms with Gasteiger partial charge < -0.3 is 19.5 Å². The van der Waals surface area contributed by atoms with Gasteiger partial charge in [0, 0.05) is 56.0 Å². The number of amides is 1. The van der Waals surface area contributed by atoms with E-state index in [9.17, 15) is 13.6 Å². The van der Waals surface area contributed by atoms with Crippen LogP contribution >= 0.6 is 0 Å². The second-order valence-electron chi connectivity index (χ2n) is 9.02. The molecule has 162 valence electrons. The van der Waals surface area contributed by atoms with Crippen LogP contribution in [0.25, 0.3) is 10.9 Å². The summed E-state index contributed by atoms with van der Waals surface area (Å²) in [5.74, 6) is -2.05. The van der Waals surface area contributed by atoms with Crippen molar-refractivity contribution in [3.05, 3.63) is 30.0 Å². The molecular formula is C23H29F2N3O2. The van der Waals surface area contributed by atoms with Crippen LogP contribution in [-0.4, -0.2) is 64.9 Å². The number of ether oxygens (including phenoxy) is 1. The highest BCUT2D eigenvalue weighted by Crippen LogP contribution is 2.31. The molecule has 0 bridgehead atoms. The molecule has 2 aromatic rings. The lowest BCUT2D eigenvalue weighted by Gasteiger charge is -2.41. The van der Waals surface area contributed by atoms with Crippen LogP contribution in [-0.2, 0) is 0 Å². The highest BCUT2D eigenvalue weighted by atomic mass is 19.3. The van der Waals surface area contributed by atoms with E-state index in [2.05, 4.69) is 9.88 Å². The van der Waals surface area contributed by atoms with Crippen LogP contribution in [0.5, 0.6) is 5.75 Å². The predicted octanol–water partition coefficient (Wildman–Crippen LogP) is 4.43. The molecular weight excluding hydrogens is 388 g/mol. The van der Waals surface area contributed by atoms with Crippen LogP contribution in [0.1, 0.15) is 55.4 Å². The van der Waals surface area contributed by atoms with Crippen molar-refractivity contribution < 1.29 is 18.3 Å². The summed E-state index contributed by atoms with van der Waals surface area (Å²) >= 11 is 0. The molecule has 0 unspecified atom stereocenters. The van der Waals surface area contributed by atoms with Crippen LogP contribution in [0.4, 0.5) is 8.78 Å². The summed E-state index contributed by atoms with van der Waals surface area (Å²) < 4.78 is 33.0. The molecule has 1 aliphatic carbocycles.